The van der Waals surface area contributed by atoms with Crippen LogP contribution in [0.25, 0.3) is 0 Å². The van der Waals surface area contributed by atoms with Crippen molar-refractivity contribution in [3.63, 3.8) is 0 Å². The van der Waals surface area contributed by atoms with Crippen LogP contribution in [0, 0.1) is 0 Å². The number of nitrogens with zero attached hydrogens (tertiary/aromatic N) is 3. The number of carboxylic acid groups (broad SMARTS) is 1. The molecule has 0 saturated carbocycles. The molecule has 2 aromatic heterocycles. The molecular formula is C20H18BrClN4O5S. The van der Waals surface area contributed by atoms with Crippen molar-refractivity contribution in [3.05, 3.63) is 63.5 Å². The molecule has 4 rings (SSSR count). The van der Waals surface area contributed by atoms with Crippen LogP contribution in [0.15, 0.2) is 52.1 Å². The normalized spacial score (nSPS) is 15.9. The van der Waals surface area contributed by atoms with Crippen LogP contribution in [0.4, 0.5) is 0 Å². The molecule has 0 unspecified atom stereocenters. The van der Waals surface area contributed by atoms with Crippen molar-refractivity contribution in [1.29, 1.82) is 0 Å². The van der Waals surface area contributed by atoms with E-state index in [1.807, 2.05) is 0 Å². The Morgan fingerprint density at radius 3 is 2.75 bits per heavy atom. The maximum atomic E-state index is 13.0. The number of benzene rings is 1. The Kier molecular flexibility index (Phi) is 6.52. The molecule has 1 atom stereocenters. The van der Waals surface area contributed by atoms with Crippen LogP contribution in [-0.4, -0.2) is 34.3 Å². The summed E-state index contributed by atoms with van der Waals surface area (Å²) in [7, 11) is -3.90. The average molecular weight is 542 g/mol. The zero-order valence-electron chi connectivity index (χ0n) is 16.5. The molecule has 0 fully saturated rings. The molecule has 2 heterocycles. The molecular weight excluding hydrogens is 524 g/mol. The molecule has 168 valence electrons. The molecule has 0 aliphatic heterocycles. The maximum Gasteiger partial charge on any atom is 0.325 e. The van der Waals surface area contributed by atoms with E-state index in [1.165, 1.54) is 23.1 Å². The van der Waals surface area contributed by atoms with Gasteiger partial charge in [0.2, 0.25) is 15.9 Å². The zero-order valence-corrected chi connectivity index (χ0v) is 19.7. The monoisotopic (exact) mass is 540 g/mol. The van der Waals surface area contributed by atoms with E-state index in [-0.39, 0.29) is 17.3 Å². The number of halogens is 2. The Morgan fingerprint density at radius 1 is 1.31 bits per heavy atom. The number of aromatic nitrogens is 3. The van der Waals surface area contributed by atoms with Gasteiger partial charge in [0, 0.05) is 16.3 Å². The Balaban J connectivity index is 1.53. The third-order valence-electron chi connectivity index (χ3n) is 4.97. The van der Waals surface area contributed by atoms with Gasteiger partial charge in [0.25, 0.3) is 0 Å². The summed E-state index contributed by atoms with van der Waals surface area (Å²) in [4.78, 5) is 15.1. The van der Waals surface area contributed by atoms with Gasteiger partial charge in [0.05, 0.1) is 22.9 Å². The first-order valence-corrected chi connectivity index (χ1v) is 12.3. The quantitative estimate of drug-likeness (QED) is 0.464. The summed E-state index contributed by atoms with van der Waals surface area (Å²) in [5.74, 6) is -0.291. The van der Waals surface area contributed by atoms with Gasteiger partial charge in [-0.05, 0) is 65.5 Å². The molecule has 32 heavy (non-hydrogen) atoms. The van der Waals surface area contributed by atoms with Crippen LogP contribution in [0.5, 0.6) is 11.6 Å². The molecule has 0 radical (unpaired) electrons. The summed E-state index contributed by atoms with van der Waals surface area (Å²) in [5, 5.41) is 13.7. The molecule has 1 aliphatic rings. The van der Waals surface area contributed by atoms with Crippen molar-refractivity contribution in [2.75, 3.05) is 0 Å². The smallest absolute Gasteiger partial charge is 0.325 e. The molecule has 9 nitrogen and oxygen atoms in total. The van der Waals surface area contributed by atoms with Gasteiger partial charge in [-0.25, -0.2) is 18.1 Å². The fourth-order valence-electron chi connectivity index (χ4n) is 3.50. The highest BCUT2D eigenvalue weighted by atomic mass is 79.9. The topological polar surface area (TPSA) is 123 Å². The van der Waals surface area contributed by atoms with E-state index in [0.717, 1.165) is 5.69 Å². The molecule has 3 aromatic rings. The summed E-state index contributed by atoms with van der Waals surface area (Å²) in [5.41, 5.74) is 1.42. The summed E-state index contributed by atoms with van der Waals surface area (Å²) < 4.78 is 36.1. The SMILES string of the molecule is O=C(O)Cn1ncc2c1CCC[C@H]2NS(=O)(=O)c1cnc(Oc2ccc(Cl)cc2)c(Br)c1. The van der Waals surface area contributed by atoms with Crippen molar-refractivity contribution in [1.82, 2.24) is 19.5 Å². The summed E-state index contributed by atoms with van der Waals surface area (Å²) in [6.45, 7) is -0.263. The third kappa shape index (κ3) is 4.96. The first-order valence-electron chi connectivity index (χ1n) is 9.60. The lowest BCUT2D eigenvalue weighted by Crippen LogP contribution is -2.31. The second-order valence-electron chi connectivity index (χ2n) is 7.18. The number of aliphatic carboxylic acids is 1. The molecule has 0 amide bonds. The summed E-state index contributed by atoms with van der Waals surface area (Å²) in [6, 6.07) is 7.60. The number of pyridine rings is 1. The number of rotatable bonds is 7. The number of ether oxygens (including phenoxy) is 1. The van der Waals surface area contributed by atoms with E-state index < -0.39 is 22.0 Å². The number of carbonyl (C=O) groups is 1. The molecule has 1 aromatic carbocycles. The zero-order chi connectivity index (χ0) is 22.9. The highest BCUT2D eigenvalue weighted by molar-refractivity contribution is 9.10. The third-order valence-corrected chi connectivity index (χ3v) is 7.22. The number of sulfonamides is 1. The Hall–Kier alpha value is -2.47. The van der Waals surface area contributed by atoms with Gasteiger partial charge in [0.15, 0.2) is 0 Å². The number of carboxylic acids is 1. The molecule has 12 heteroatoms. The van der Waals surface area contributed by atoms with Gasteiger partial charge in [-0.3, -0.25) is 9.48 Å². The molecule has 1 aliphatic carbocycles. The highest BCUT2D eigenvalue weighted by Crippen LogP contribution is 2.33. The summed E-state index contributed by atoms with van der Waals surface area (Å²) >= 11 is 9.18. The van der Waals surface area contributed by atoms with E-state index >= 15 is 0 Å². The van der Waals surface area contributed by atoms with Crippen molar-refractivity contribution < 1.29 is 23.1 Å². The molecule has 0 spiro atoms. The Bertz CT molecular complexity index is 1260. The lowest BCUT2D eigenvalue weighted by Gasteiger charge is -2.24. The lowest BCUT2D eigenvalue weighted by atomic mass is 9.94. The summed E-state index contributed by atoms with van der Waals surface area (Å²) in [6.07, 6.45) is 4.68. The second kappa shape index (κ2) is 9.18. The second-order valence-corrected chi connectivity index (χ2v) is 10.2. The molecule has 0 saturated heterocycles. The van der Waals surface area contributed by atoms with E-state index in [2.05, 4.69) is 30.7 Å². The predicted octanol–water partition coefficient (Wildman–Crippen LogP) is 3.93. The highest BCUT2D eigenvalue weighted by Gasteiger charge is 2.29. The standard InChI is InChI=1S/C20H18BrClN4O5S/c21-16-8-14(9-23-20(16)31-13-6-4-12(22)5-7-13)32(29,30)25-17-2-1-3-18-15(17)10-24-26(18)11-19(27)28/h4-10,17,25H,1-3,11H2,(H,27,28)/t17-/m1/s1. The van der Waals surface area contributed by atoms with E-state index in [9.17, 15) is 13.2 Å². The van der Waals surface area contributed by atoms with E-state index in [4.69, 9.17) is 21.4 Å². The van der Waals surface area contributed by atoms with Gasteiger partial charge in [-0.2, -0.15) is 5.10 Å². The minimum absolute atomic E-state index is 0.0297. The van der Waals surface area contributed by atoms with Crippen molar-refractivity contribution in [2.24, 2.45) is 0 Å². The largest absolute Gasteiger partial charge is 0.480 e. The van der Waals surface area contributed by atoms with Gasteiger partial charge in [0.1, 0.15) is 17.2 Å². The minimum Gasteiger partial charge on any atom is -0.480 e. The molecule has 0 bridgehead atoms. The molecule has 2 N–H and O–H groups in total. The van der Waals surface area contributed by atoms with Gasteiger partial charge in [-0.1, -0.05) is 11.6 Å². The number of hydrogen-bond acceptors (Lipinski definition) is 6. The van der Waals surface area contributed by atoms with E-state index in [1.54, 1.807) is 24.3 Å². The maximum absolute atomic E-state index is 13.0. The predicted molar refractivity (Wildman–Crippen MR) is 119 cm³/mol. The minimum atomic E-state index is -3.90. The average Bonchev–Trinajstić information content (AvgIpc) is 3.14. The first kappa shape index (κ1) is 22.7. The Morgan fingerprint density at radius 2 is 2.06 bits per heavy atom. The van der Waals surface area contributed by atoms with Crippen LogP contribution in [0.2, 0.25) is 5.02 Å². The van der Waals surface area contributed by atoms with Crippen molar-refractivity contribution in [3.8, 4) is 11.6 Å². The fraction of sp³-hybridized carbons (Fsp3) is 0.250. The lowest BCUT2D eigenvalue weighted by molar-refractivity contribution is -0.137. The van der Waals surface area contributed by atoms with E-state index in [0.29, 0.717) is 40.1 Å². The van der Waals surface area contributed by atoms with Crippen molar-refractivity contribution >= 4 is 43.5 Å². The number of hydrogen-bond donors (Lipinski definition) is 2. The number of nitrogens with one attached hydrogen (secondary N) is 1. The Labute approximate surface area is 197 Å². The van der Waals surface area contributed by atoms with Crippen molar-refractivity contribution in [2.45, 2.75) is 36.7 Å². The fourth-order valence-corrected chi connectivity index (χ4v) is 5.43. The van der Waals surface area contributed by atoms with Crippen LogP contribution in [-0.2, 0) is 27.8 Å². The van der Waals surface area contributed by atoms with Gasteiger partial charge < -0.3 is 9.84 Å². The van der Waals surface area contributed by atoms with Gasteiger partial charge in [-0.15, -0.1) is 0 Å². The van der Waals surface area contributed by atoms with Crippen LogP contribution >= 0.6 is 27.5 Å². The first-order chi connectivity index (χ1) is 15.2. The number of fused-ring (bicyclic) bond motifs is 1. The van der Waals surface area contributed by atoms with Gasteiger partial charge >= 0.3 is 5.97 Å². The van der Waals surface area contributed by atoms with Crippen LogP contribution in [0.1, 0.15) is 30.1 Å². The van der Waals surface area contributed by atoms with Crippen LogP contribution in [0.3, 0.4) is 0 Å². The van der Waals surface area contributed by atoms with Crippen LogP contribution < -0.4 is 9.46 Å².